The van der Waals surface area contributed by atoms with Crippen LogP contribution >= 0.6 is 0 Å². The Balaban J connectivity index is 1.02. The summed E-state index contributed by atoms with van der Waals surface area (Å²) in [5.41, 5.74) is 7.22. The van der Waals surface area contributed by atoms with Gasteiger partial charge in [0.2, 0.25) is 0 Å². The Morgan fingerprint density at radius 2 is 1.86 bits per heavy atom. The lowest BCUT2D eigenvalue weighted by atomic mass is 9.49. The average molecular weight is 587 g/mol. The van der Waals surface area contributed by atoms with Gasteiger partial charge in [-0.25, -0.2) is 9.61 Å². The second-order valence-electron chi connectivity index (χ2n) is 13.2. The van der Waals surface area contributed by atoms with Gasteiger partial charge >= 0.3 is 5.97 Å². The van der Waals surface area contributed by atoms with E-state index in [1.165, 1.54) is 0 Å². The highest BCUT2D eigenvalue weighted by Gasteiger charge is 2.54. The van der Waals surface area contributed by atoms with Crippen molar-refractivity contribution in [1.82, 2.24) is 25.1 Å². The number of nitrogens with one attached hydrogen (secondary N) is 2. The first-order valence-corrected chi connectivity index (χ1v) is 14.8. The zero-order valence-corrected chi connectivity index (χ0v) is 24.9. The maximum atomic E-state index is 13.2. The van der Waals surface area contributed by atoms with E-state index in [-0.39, 0.29) is 35.4 Å². The van der Waals surface area contributed by atoms with Crippen LogP contribution in [0.2, 0.25) is 0 Å². The molecule has 11 heteroatoms. The Morgan fingerprint density at radius 1 is 1.14 bits per heavy atom. The molecule has 3 heterocycles. The Labute approximate surface area is 249 Å². The normalized spacial score (nSPS) is 22.3. The first kappa shape index (κ1) is 28.9. The van der Waals surface area contributed by atoms with Crippen LogP contribution in [0.3, 0.4) is 0 Å². The monoisotopic (exact) mass is 586 g/mol. The fourth-order valence-corrected chi connectivity index (χ4v) is 6.43. The van der Waals surface area contributed by atoms with Crippen molar-refractivity contribution < 1.29 is 19.1 Å². The first-order chi connectivity index (χ1) is 20.4. The predicted octanol–water partition coefficient (Wildman–Crippen LogP) is 3.71. The van der Waals surface area contributed by atoms with Gasteiger partial charge in [0.25, 0.3) is 11.5 Å². The number of hydrogen-bond acceptors (Lipinski definition) is 8. The van der Waals surface area contributed by atoms with Gasteiger partial charge in [-0.15, -0.1) is 0 Å². The van der Waals surface area contributed by atoms with E-state index in [2.05, 4.69) is 20.6 Å². The number of ether oxygens (including phenoxy) is 2. The lowest BCUT2D eigenvalue weighted by Gasteiger charge is -2.57. The predicted molar refractivity (Wildman–Crippen MR) is 161 cm³/mol. The fourth-order valence-electron chi connectivity index (χ4n) is 6.43. The Kier molecular flexibility index (Phi) is 7.24. The van der Waals surface area contributed by atoms with E-state index in [0.29, 0.717) is 28.1 Å². The van der Waals surface area contributed by atoms with E-state index in [4.69, 9.17) is 15.2 Å². The topological polar surface area (TPSA) is 154 Å². The summed E-state index contributed by atoms with van der Waals surface area (Å²) in [6, 6.07) is 10.6. The van der Waals surface area contributed by atoms with Gasteiger partial charge in [-0.1, -0.05) is 32.0 Å². The lowest BCUT2D eigenvalue weighted by molar-refractivity contribution is -0.161. The van der Waals surface area contributed by atoms with Crippen LogP contribution in [0.1, 0.15) is 75.3 Å². The molecule has 0 radical (unpaired) electrons. The van der Waals surface area contributed by atoms with Gasteiger partial charge in [-0.2, -0.15) is 10.2 Å². The van der Waals surface area contributed by atoms with E-state index in [9.17, 15) is 14.4 Å². The van der Waals surface area contributed by atoms with E-state index >= 15 is 0 Å². The lowest BCUT2D eigenvalue weighted by Crippen LogP contribution is -2.55. The second-order valence-corrected chi connectivity index (χ2v) is 13.2. The molecule has 6 rings (SSSR count). The minimum absolute atomic E-state index is 0.0268. The molecule has 0 saturated heterocycles. The summed E-state index contributed by atoms with van der Waals surface area (Å²) in [6.07, 6.45) is 7.12. The summed E-state index contributed by atoms with van der Waals surface area (Å²) in [5.74, 6) is 0.202. The maximum absolute atomic E-state index is 13.2. The minimum atomic E-state index is -0.876. The fraction of sp³-hybridized carbons (Fsp3) is 0.469. The molecule has 11 nitrogen and oxygen atoms in total. The van der Waals surface area contributed by atoms with Crippen molar-refractivity contribution in [3.05, 3.63) is 70.4 Å². The van der Waals surface area contributed by atoms with Crippen molar-refractivity contribution >= 4 is 28.2 Å². The maximum Gasteiger partial charge on any atom is 0.323 e. The number of hydrogen-bond donors (Lipinski definition) is 3. The van der Waals surface area contributed by atoms with Crippen LogP contribution in [0, 0.1) is 11.3 Å². The molecular weight excluding hydrogens is 548 g/mol. The number of aromatic amines is 1. The summed E-state index contributed by atoms with van der Waals surface area (Å²) >= 11 is 0. The van der Waals surface area contributed by atoms with Crippen LogP contribution < -0.4 is 21.3 Å². The Bertz CT molecular complexity index is 1740. The molecule has 0 bridgehead atoms. The molecule has 3 aromatic heterocycles. The molecule has 1 atom stereocenters. The molecule has 226 valence electrons. The van der Waals surface area contributed by atoms with Crippen LogP contribution in [-0.4, -0.2) is 56.0 Å². The van der Waals surface area contributed by atoms with Gasteiger partial charge in [0, 0.05) is 17.3 Å². The summed E-state index contributed by atoms with van der Waals surface area (Å²) < 4.78 is 13.1. The number of pyridine rings is 1. The zero-order chi connectivity index (χ0) is 30.5. The molecule has 2 aliphatic carbocycles. The quantitative estimate of drug-likeness (QED) is 0.251. The highest BCUT2D eigenvalue weighted by molar-refractivity contribution is 6.00. The van der Waals surface area contributed by atoms with Crippen LogP contribution in [-0.2, 0) is 9.53 Å². The number of esters is 1. The molecular formula is C32H38N6O5. The molecule has 1 amide bonds. The Morgan fingerprint density at radius 3 is 2.58 bits per heavy atom. The number of H-pyrrole nitrogens is 1. The summed E-state index contributed by atoms with van der Waals surface area (Å²) in [7, 11) is 0. The molecule has 2 fully saturated rings. The molecule has 1 aromatic carbocycles. The third-order valence-corrected chi connectivity index (χ3v) is 8.85. The van der Waals surface area contributed by atoms with E-state index < -0.39 is 17.6 Å². The van der Waals surface area contributed by atoms with Crippen LogP contribution in [0.25, 0.3) is 16.3 Å². The van der Waals surface area contributed by atoms with Gasteiger partial charge in [0.1, 0.15) is 24.0 Å². The molecule has 1 spiro atoms. The number of aromatic nitrogens is 4. The van der Waals surface area contributed by atoms with Gasteiger partial charge in [-0.05, 0) is 69.1 Å². The van der Waals surface area contributed by atoms with Crippen LogP contribution in [0.5, 0.6) is 5.75 Å². The van der Waals surface area contributed by atoms with Crippen LogP contribution in [0.4, 0.5) is 0 Å². The standard InChI is InChI=1S/C32H38N6O5/c1-18(2)26(33)30(41)43-31(3,4)17-42-21-9-10-25-24(15-34-38(25)16-21)28(39)35-20-13-32(14-20)11-19(12-32)27-22-7-5-6-8-23(22)29(40)37-36-27/h5-10,15-16,18-20,26H,11-14,17,33H2,1-4H3,(H,35,39)(H,37,40)/t19-,20-,26?,32?. The molecule has 0 aliphatic heterocycles. The molecule has 4 aromatic rings. The second kappa shape index (κ2) is 10.8. The van der Waals surface area contributed by atoms with Crippen molar-refractivity contribution in [1.29, 1.82) is 0 Å². The van der Waals surface area contributed by atoms with Crippen molar-refractivity contribution in [2.45, 2.75) is 77.0 Å². The van der Waals surface area contributed by atoms with Crippen molar-refractivity contribution in [2.75, 3.05) is 6.61 Å². The molecule has 2 saturated carbocycles. The number of carbonyl (C=O) groups is 2. The van der Waals surface area contributed by atoms with Crippen molar-refractivity contribution in [2.24, 2.45) is 17.1 Å². The molecule has 1 unspecified atom stereocenters. The number of amides is 1. The van der Waals surface area contributed by atoms with E-state index in [1.807, 2.05) is 38.1 Å². The third kappa shape index (κ3) is 5.61. The van der Waals surface area contributed by atoms with Gasteiger partial charge in [0.15, 0.2) is 0 Å². The number of benzene rings is 1. The highest BCUT2D eigenvalue weighted by Crippen LogP contribution is 2.62. The van der Waals surface area contributed by atoms with Gasteiger partial charge in [0.05, 0.1) is 34.6 Å². The van der Waals surface area contributed by atoms with Crippen LogP contribution in [0.15, 0.2) is 53.6 Å². The summed E-state index contributed by atoms with van der Waals surface area (Å²) in [6.45, 7) is 7.40. The molecule has 4 N–H and O–H groups in total. The smallest absolute Gasteiger partial charge is 0.323 e. The van der Waals surface area contributed by atoms with Gasteiger partial charge < -0.3 is 20.5 Å². The average Bonchev–Trinajstić information content (AvgIpc) is 3.36. The van der Waals surface area contributed by atoms with Gasteiger partial charge in [-0.3, -0.25) is 14.4 Å². The SMILES string of the molecule is CC(C)C(N)C(=O)OC(C)(C)COc1ccc2c(C(=O)N[C@H]3CC4(C3)C[C@H](c3n[nH]c(=O)c5ccccc53)C4)cnn2c1. The van der Waals surface area contributed by atoms with Crippen molar-refractivity contribution in [3.63, 3.8) is 0 Å². The Hall–Kier alpha value is -4.25. The zero-order valence-electron chi connectivity index (χ0n) is 24.9. The molecule has 43 heavy (non-hydrogen) atoms. The summed E-state index contributed by atoms with van der Waals surface area (Å²) in [5, 5.41) is 16.2. The minimum Gasteiger partial charge on any atom is -0.488 e. The molecule has 2 aliphatic rings. The third-order valence-electron chi connectivity index (χ3n) is 8.85. The number of carbonyl (C=O) groups excluding carboxylic acids is 2. The van der Waals surface area contributed by atoms with Crippen molar-refractivity contribution in [3.8, 4) is 5.75 Å². The van der Waals surface area contributed by atoms with E-state index in [1.54, 1.807) is 42.9 Å². The number of nitrogens with zero attached hydrogens (tertiary/aromatic N) is 3. The number of rotatable bonds is 9. The van der Waals surface area contributed by atoms with E-state index in [0.717, 1.165) is 36.8 Å². The summed E-state index contributed by atoms with van der Waals surface area (Å²) in [4.78, 5) is 37.6. The number of nitrogens with two attached hydrogens (primary N) is 1. The highest BCUT2D eigenvalue weighted by atomic mass is 16.6. The first-order valence-electron chi connectivity index (χ1n) is 14.8. The largest absolute Gasteiger partial charge is 0.488 e. The number of fused-ring (bicyclic) bond motifs is 2.